The Bertz CT molecular complexity index is 584. The Morgan fingerprint density at radius 2 is 1.83 bits per heavy atom. The summed E-state index contributed by atoms with van der Waals surface area (Å²) in [5.74, 6) is -0.235. The van der Waals surface area contributed by atoms with Crippen LogP contribution >= 0.6 is 31.9 Å². The van der Waals surface area contributed by atoms with E-state index >= 15 is 0 Å². The predicted octanol–water partition coefficient (Wildman–Crippen LogP) is 2.78. The van der Waals surface area contributed by atoms with E-state index in [1.807, 2.05) is 6.92 Å². The molecule has 0 radical (unpaired) electrons. The maximum Gasteiger partial charge on any atom is 0.242 e. The monoisotopic (exact) mass is 397 g/mol. The minimum absolute atomic E-state index is 0.105. The van der Waals surface area contributed by atoms with Gasteiger partial charge in [-0.25, -0.2) is 13.1 Å². The van der Waals surface area contributed by atoms with Crippen LogP contribution in [0.15, 0.2) is 26.0 Å². The number of aryl methyl sites for hydroxylation is 1. The molecule has 0 bridgehead atoms. The van der Waals surface area contributed by atoms with Gasteiger partial charge in [0.05, 0.1) is 10.9 Å². The van der Waals surface area contributed by atoms with E-state index in [0.717, 1.165) is 5.56 Å². The average Bonchev–Trinajstić information content (AvgIpc) is 2.22. The van der Waals surface area contributed by atoms with Crippen molar-refractivity contribution in [1.29, 1.82) is 0 Å². The summed E-state index contributed by atoms with van der Waals surface area (Å²) in [7, 11) is -3.72. The minimum Gasteiger partial charge on any atom is -0.298 e. The lowest BCUT2D eigenvalue weighted by Gasteiger charge is -2.13. The Morgan fingerprint density at radius 3 is 2.33 bits per heavy atom. The highest BCUT2D eigenvalue weighted by atomic mass is 79.9. The second-order valence-corrected chi connectivity index (χ2v) is 7.38. The first-order valence-electron chi connectivity index (χ1n) is 5.13. The molecule has 100 valence electrons. The summed E-state index contributed by atoms with van der Waals surface area (Å²) in [6.07, 6.45) is 0. The Morgan fingerprint density at radius 1 is 1.28 bits per heavy atom. The molecule has 0 aromatic heterocycles. The molecule has 0 saturated heterocycles. The third kappa shape index (κ3) is 3.63. The lowest BCUT2D eigenvalue weighted by atomic mass is 10.2. The zero-order valence-corrected chi connectivity index (χ0v) is 14.1. The number of hydrogen-bond donors (Lipinski definition) is 1. The Balaban J connectivity index is 3.21. The smallest absolute Gasteiger partial charge is 0.242 e. The number of halogens is 2. The van der Waals surface area contributed by atoms with Crippen LogP contribution in [-0.2, 0) is 14.8 Å². The molecule has 0 aliphatic rings. The number of Topliss-reactive ketones (excluding diaryl/α,β-unsaturated/α-hetero) is 1. The molecule has 0 amide bonds. The minimum atomic E-state index is -3.72. The van der Waals surface area contributed by atoms with E-state index < -0.39 is 16.1 Å². The van der Waals surface area contributed by atoms with Crippen LogP contribution < -0.4 is 4.72 Å². The topological polar surface area (TPSA) is 63.2 Å². The highest BCUT2D eigenvalue weighted by Gasteiger charge is 2.22. The van der Waals surface area contributed by atoms with Crippen molar-refractivity contribution in [3.63, 3.8) is 0 Å². The Kier molecular flexibility index (Phi) is 5.11. The van der Waals surface area contributed by atoms with Crippen LogP contribution in [0.3, 0.4) is 0 Å². The van der Waals surface area contributed by atoms with Crippen molar-refractivity contribution in [2.45, 2.75) is 31.7 Å². The molecule has 0 aliphatic heterocycles. The van der Waals surface area contributed by atoms with Crippen LogP contribution in [0.4, 0.5) is 0 Å². The van der Waals surface area contributed by atoms with E-state index in [0.29, 0.717) is 8.95 Å². The standard InChI is InChI=1S/C11H13Br2NO3S/c1-6-4-10(13)11(5-9(6)12)18(16,17)14-7(2)8(3)15/h4-5,7,14H,1-3H3. The second kappa shape index (κ2) is 5.81. The SMILES string of the molecule is CC(=O)C(C)NS(=O)(=O)c1cc(Br)c(C)cc1Br. The van der Waals surface area contributed by atoms with E-state index in [-0.39, 0.29) is 10.7 Å². The van der Waals surface area contributed by atoms with Gasteiger partial charge in [-0.2, -0.15) is 0 Å². The number of sulfonamides is 1. The summed E-state index contributed by atoms with van der Waals surface area (Å²) < 4.78 is 27.7. The van der Waals surface area contributed by atoms with Gasteiger partial charge in [-0.05, 0) is 54.4 Å². The molecule has 1 rings (SSSR count). The van der Waals surface area contributed by atoms with Gasteiger partial charge in [0, 0.05) is 8.95 Å². The zero-order valence-electron chi connectivity index (χ0n) is 10.1. The molecule has 1 N–H and O–H groups in total. The van der Waals surface area contributed by atoms with E-state index in [4.69, 9.17) is 0 Å². The van der Waals surface area contributed by atoms with Gasteiger partial charge < -0.3 is 0 Å². The predicted molar refractivity (Wildman–Crippen MR) is 77.0 cm³/mol. The first kappa shape index (κ1) is 15.8. The number of carbonyl (C=O) groups excluding carboxylic acids is 1. The lowest BCUT2D eigenvalue weighted by Crippen LogP contribution is -2.37. The van der Waals surface area contributed by atoms with Gasteiger partial charge in [-0.15, -0.1) is 0 Å². The molecule has 0 saturated carbocycles. The summed E-state index contributed by atoms with van der Waals surface area (Å²) in [6.45, 7) is 4.71. The van der Waals surface area contributed by atoms with Crippen LogP contribution in [0.25, 0.3) is 0 Å². The van der Waals surface area contributed by atoms with Crippen molar-refractivity contribution < 1.29 is 13.2 Å². The number of benzene rings is 1. The maximum absolute atomic E-state index is 12.1. The summed E-state index contributed by atoms with van der Waals surface area (Å²) in [5, 5.41) is 0. The molecule has 1 atom stereocenters. The summed E-state index contributed by atoms with van der Waals surface area (Å²) in [6, 6.07) is 2.47. The van der Waals surface area contributed by atoms with Gasteiger partial charge in [0.25, 0.3) is 0 Å². The van der Waals surface area contributed by atoms with Crippen molar-refractivity contribution >= 4 is 47.7 Å². The second-order valence-electron chi connectivity index (χ2n) is 3.99. The molecular weight excluding hydrogens is 386 g/mol. The van der Waals surface area contributed by atoms with Crippen LogP contribution in [0.2, 0.25) is 0 Å². The first-order valence-corrected chi connectivity index (χ1v) is 8.20. The van der Waals surface area contributed by atoms with Gasteiger partial charge in [-0.1, -0.05) is 15.9 Å². The van der Waals surface area contributed by atoms with Crippen molar-refractivity contribution in [3.05, 3.63) is 26.6 Å². The van der Waals surface area contributed by atoms with Crippen molar-refractivity contribution in [1.82, 2.24) is 4.72 Å². The third-order valence-electron chi connectivity index (χ3n) is 2.44. The quantitative estimate of drug-likeness (QED) is 0.847. The lowest BCUT2D eigenvalue weighted by molar-refractivity contribution is -0.118. The van der Waals surface area contributed by atoms with E-state index in [1.54, 1.807) is 6.07 Å². The van der Waals surface area contributed by atoms with E-state index in [2.05, 4.69) is 36.6 Å². The first-order chi connectivity index (χ1) is 8.15. The van der Waals surface area contributed by atoms with Crippen LogP contribution in [-0.4, -0.2) is 20.2 Å². The molecule has 0 spiro atoms. The fraction of sp³-hybridized carbons (Fsp3) is 0.364. The van der Waals surface area contributed by atoms with Gasteiger partial charge in [0.1, 0.15) is 5.78 Å². The fourth-order valence-electron chi connectivity index (χ4n) is 1.21. The highest BCUT2D eigenvalue weighted by molar-refractivity contribution is 9.11. The van der Waals surface area contributed by atoms with Crippen molar-refractivity contribution in [2.24, 2.45) is 0 Å². The highest BCUT2D eigenvalue weighted by Crippen LogP contribution is 2.28. The fourth-order valence-corrected chi connectivity index (χ4v) is 4.15. The average molecular weight is 399 g/mol. The summed E-state index contributed by atoms with van der Waals surface area (Å²) in [4.78, 5) is 11.2. The molecular formula is C11H13Br2NO3S. The van der Waals surface area contributed by atoms with Gasteiger partial charge in [0.15, 0.2) is 0 Å². The Hall–Kier alpha value is -0.240. The summed E-state index contributed by atoms with van der Waals surface area (Å²) in [5.41, 5.74) is 0.917. The number of ketones is 1. The largest absolute Gasteiger partial charge is 0.298 e. The van der Waals surface area contributed by atoms with Crippen molar-refractivity contribution in [3.8, 4) is 0 Å². The number of rotatable bonds is 4. The number of carbonyl (C=O) groups is 1. The van der Waals surface area contributed by atoms with E-state index in [1.165, 1.54) is 19.9 Å². The number of hydrogen-bond acceptors (Lipinski definition) is 3. The van der Waals surface area contributed by atoms with Crippen LogP contribution in [0.5, 0.6) is 0 Å². The molecule has 0 heterocycles. The van der Waals surface area contributed by atoms with Crippen molar-refractivity contribution in [2.75, 3.05) is 0 Å². The van der Waals surface area contributed by atoms with Gasteiger partial charge in [0.2, 0.25) is 10.0 Å². The molecule has 7 heteroatoms. The molecule has 18 heavy (non-hydrogen) atoms. The molecule has 1 aromatic carbocycles. The summed E-state index contributed by atoms with van der Waals surface area (Å²) >= 11 is 6.51. The van der Waals surface area contributed by atoms with Gasteiger partial charge in [-0.3, -0.25) is 4.79 Å². The molecule has 4 nitrogen and oxygen atoms in total. The third-order valence-corrected chi connectivity index (χ3v) is 5.80. The number of nitrogens with one attached hydrogen (secondary N) is 1. The Labute approximate surface area is 123 Å². The molecule has 0 fully saturated rings. The molecule has 0 aliphatic carbocycles. The maximum atomic E-state index is 12.1. The van der Waals surface area contributed by atoms with Crippen LogP contribution in [0, 0.1) is 6.92 Å². The van der Waals surface area contributed by atoms with Gasteiger partial charge >= 0.3 is 0 Å². The molecule has 1 unspecified atom stereocenters. The molecule has 1 aromatic rings. The normalized spacial score (nSPS) is 13.4. The zero-order chi connectivity index (χ0) is 14.1. The van der Waals surface area contributed by atoms with Crippen LogP contribution in [0.1, 0.15) is 19.4 Å². The van der Waals surface area contributed by atoms with E-state index in [9.17, 15) is 13.2 Å².